The van der Waals surface area contributed by atoms with Gasteiger partial charge in [-0.25, -0.2) is 0 Å². The summed E-state index contributed by atoms with van der Waals surface area (Å²) in [6.07, 6.45) is 2.65. The molecule has 0 aromatic heterocycles. The van der Waals surface area contributed by atoms with Gasteiger partial charge in [-0.1, -0.05) is 6.07 Å². The maximum Gasteiger partial charge on any atom is 0.156 e. The van der Waals surface area contributed by atoms with Crippen LogP contribution in [0.3, 0.4) is 0 Å². The summed E-state index contributed by atoms with van der Waals surface area (Å²) in [5.74, 6) is 0.0888. The topological polar surface area (TPSA) is 57.5 Å². The Bertz CT molecular complexity index is 373. The van der Waals surface area contributed by atoms with Crippen molar-refractivity contribution < 1.29 is 15.0 Å². The molecule has 0 fully saturated rings. The van der Waals surface area contributed by atoms with Crippen LogP contribution in [0.1, 0.15) is 24.0 Å². The fourth-order valence-electron chi connectivity index (χ4n) is 1.99. The lowest BCUT2D eigenvalue weighted by atomic mass is 9.80. The Hall–Kier alpha value is -1.35. The van der Waals surface area contributed by atoms with E-state index in [9.17, 15) is 15.0 Å². The third-order valence-electron chi connectivity index (χ3n) is 2.76. The lowest BCUT2D eigenvalue weighted by Gasteiger charge is -2.29. The quantitative estimate of drug-likeness (QED) is 0.655. The first kappa shape index (κ1) is 9.21. The van der Waals surface area contributed by atoms with E-state index in [1.807, 2.05) is 0 Å². The van der Waals surface area contributed by atoms with Crippen LogP contribution in [-0.2, 0) is 16.8 Å². The molecule has 0 aliphatic heterocycles. The van der Waals surface area contributed by atoms with E-state index in [-0.39, 0.29) is 5.75 Å². The molecule has 0 saturated heterocycles. The summed E-state index contributed by atoms with van der Waals surface area (Å²) >= 11 is 0. The molecule has 3 heteroatoms. The smallest absolute Gasteiger partial charge is 0.156 e. The lowest BCUT2D eigenvalue weighted by molar-refractivity contribution is -0.126. The molecular formula is C11H12O3. The highest BCUT2D eigenvalue weighted by atomic mass is 16.3. The van der Waals surface area contributed by atoms with Crippen LogP contribution in [0, 0.1) is 0 Å². The first-order chi connectivity index (χ1) is 6.65. The number of aromatic hydroxyl groups is 1. The van der Waals surface area contributed by atoms with Crippen molar-refractivity contribution in [3.8, 4) is 5.75 Å². The highest BCUT2D eigenvalue weighted by Gasteiger charge is 2.34. The minimum absolute atomic E-state index is 0.0888. The Kier molecular flexibility index (Phi) is 2.04. The number of phenolic OH excluding ortho intramolecular Hbond substituents is 1. The molecule has 1 aliphatic carbocycles. The standard InChI is InChI=1S/C11H12O3/c12-7-11(14)5-1-2-8-3-4-9(13)6-10(8)11/h3-4,6-7,13-14H,1-2,5H2. The van der Waals surface area contributed by atoms with Gasteiger partial charge in [0.1, 0.15) is 11.4 Å². The summed E-state index contributed by atoms with van der Waals surface area (Å²) in [6, 6.07) is 4.82. The van der Waals surface area contributed by atoms with Crippen LogP contribution in [0.25, 0.3) is 0 Å². The summed E-state index contributed by atoms with van der Waals surface area (Å²) in [4.78, 5) is 10.8. The van der Waals surface area contributed by atoms with Crippen LogP contribution >= 0.6 is 0 Å². The molecule has 3 nitrogen and oxygen atoms in total. The molecule has 1 aliphatic rings. The SMILES string of the molecule is O=CC1(O)CCCc2ccc(O)cc21. The second-order valence-corrected chi connectivity index (χ2v) is 3.74. The highest BCUT2D eigenvalue weighted by Crippen LogP contribution is 2.35. The molecule has 1 aromatic carbocycles. The van der Waals surface area contributed by atoms with Gasteiger partial charge in [-0.15, -0.1) is 0 Å². The minimum Gasteiger partial charge on any atom is -0.508 e. The number of benzene rings is 1. The summed E-state index contributed by atoms with van der Waals surface area (Å²) in [7, 11) is 0. The predicted molar refractivity (Wildman–Crippen MR) is 51.0 cm³/mol. The van der Waals surface area contributed by atoms with Crippen LogP contribution < -0.4 is 0 Å². The van der Waals surface area contributed by atoms with Crippen molar-refractivity contribution in [3.63, 3.8) is 0 Å². The summed E-state index contributed by atoms with van der Waals surface area (Å²) < 4.78 is 0. The largest absolute Gasteiger partial charge is 0.508 e. The molecule has 0 amide bonds. The molecule has 2 rings (SSSR count). The highest BCUT2D eigenvalue weighted by molar-refractivity contribution is 5.68. The van der Waals surface area contributed by atoms with E-state index in [1.165, 1.54) is 6.07 Å². The normalized spacial score (nSPS) is 25.5. The van der Waals surface area contributed by atoms with E-state index in [0.29, 0.717) is 18.3 Å². The summed E-state index contributed by atoms with van der Waals surface area (Å²) in [5.41, 5.74) is 0.106. The van der Waals surface area contributed by atoms with Gasteiger partial charge in [-0.2, -0.15) is 0 Å². The van der Waals surface area contributed by atoms with Gasteiger partial charge in [0, 0.05) is 0 Å². The molecule has 74 valence electrons. The maximum atomic E-state index is 10.8. The van der Waals surface area contributed by atoms with E-state index in [4.69, 9.17) is 0 Å². The van der Waals surface area contributed by atoms with Crippen LogP contribution in [0.15, 0.2) is 18.2 Å². The molecule has 1 unspecified atom stereocenters. The molecular weight excluding hydrogens is 180 g/mol. The fourth-order valence-corrected chi connectivity index (χ4v) is 1.99. The lowest BCUT2D eigenvalue weighted by Crippen LogP contribution is -2.32. The number of carbonyl (C=O) groups is 1. The van der Waals surface area contributed by atoms with Gasteiger partial charge in [0.15, 0.2) is 6.29 Å². The molecule has 0 bridgehead atoms. The van der Waals surface area contributed by atoms with Gasteiger partial charge in [-0.3, -0.25) is 4.79 Å². The van der Waals surface area contributed by atoms with Gasteiger partial charge in [-0.05, 0) is 42.5 Å². The Labute approximate surface area is 82.0 Å². The van der Waals surface area contributed by atoms with Crippen molar-refractivity contribution in [3.05, 3.63) is 29.3 Å². The molecule has 2 N–H and O–H groups in total. The van der Waals surface area contributed by atoms with E-state index in [1.54, 1.807) is 12.1 Å². The van der Waals surface area contributed by atoms with Crippen molar-refractivity contribution >= 4 is 6.29 Å². The molecule has 0 spiro atoms. The van der Waals surface area contributed by atoms with Gasteiger partial charge >= 0.3 is 0 Å². The summed E-state index contributed by atoms with van der Waals surface area (Å²) in [6.45, 7) is 0. The monoisotopic (exact) mass is 192 g/mol. The van der Waals surface area contributed by atoms with E-state index >= 15 is 0 Å². The molecule has 0 heterocycles. The van der Waals surface area contributed by atoms with Crippen molar-refractivity contribution in [1.29, 1.82) is 0 Å². The zero-order valence-corrected chi connectivity index (χ0v) is 7.73. The van der Waals surface area contributed by atoms with E-state index in [2.05, 4.69) is 0 Å². The maximum absolute atomic E-state index is 10.8. The average Bonchev–Trinajstić information content (AvgIpc) is 2.20. The van der Waals surface area contributed by atoms with Gasteiger partial charge in [0.2, 0.25) is 0 Å². The second kappa shape index (κ2) is 3.10. The third-order valence-corrected chi connectivity index (χ3v) is 2.76. The first-order valence-electron chi connectivity index (χ1n) is 4.67. The van der Waals surface area contributed by atoms with Crippen LogP contribution in [0.2, 0.25) is 0 Å². The van der Waals surface area contributed by atoms with Crippen molar-refractivity contribution in [2.24, 2.45) is 0 Å². The Morgan fingerprint density at radius 2 is 2.21 bits per heavy atom. The second-order valence-electron chi connectivity index (χ2n) is 3.74. The number of hydrogen-bond acceptors (Lipinski definition) is 3. The van der Waals surface area contributed by atoms with Crippen LogP contribution in [-0.4, -0.2) is 16.5 Å². The average molecular weight is 192 g/mol. The number of carbonyl (C=O) groups excluding carboxylic acids is 1. The van der Waals surface area contributed by atoms with E-state index < -0.39 is 5.60 Å². The van der Waals surface area contributed by atoms with Crippen molar-refractivity contribution in [1.82, 2.24) is 0 Å². The molecule has 14 heavy (non-hydrogen) atoms. The fraction of sp³-hybridized carbons (Fsp3) is 0.364. The van der Waals surface area contributed by atoms with E-state index in [0.717, 1.165) is 18.4 Å². The van der Waals surface area contributed by atoms with Gasteiger partial charge in [0.25, 0.3) is 0 Å². The Balaban J connectivity index is 2.57. The van der Waals surface area contributed by atoms with Gasteiger partial charge < -0.3 is 10.2 Å². The number of phenols is 1. The number of aldehydes is 1. The van der Waals surface area contributed by atoms with Crippen molar-refractivity contribution in [2.45, 2.75) is 24.9 Å². The molecule has 0 saturated carbocycles. The first-order valence-corrected chi connectivity index (χ1v) is 4.67. The molecule has 1 aromatic rings. The number of fused-ring (bicyclic) bond motifs is 1. The van der Waals surface area contributed by atoms with Crippen LogP contribution in [0.4, 0.5) is 0 Å². The molecule has 0 radical (unpaired) electrons. The number of hydrogen-bond donors (Lipinski definition) is 2. The van der Waals surface area contributed by atoms with Crippen LogP contribution in [0.5, 0.6) is 5.75 Å². The number of rotatable bonds is 1. The summed E-state index contributed by atoms with van der Waals surface area (Å²) in [5, 5.41) is 19.3. The Morgan fingerprint density at radius 1 is 1.43 bits per heavy atom. The van der Waals surface area contributed by atoms with Gasteiger partial charge in [0.05, 0.1) is 0 Å². The minimum atomic E-state index is -1.40. The number of aryl methyl sites for hydroxylation is 1. The zero-order chi connectivity index (χ0) is 10.2. The number of aliphatic hydroxyl groups is 1. The van der Waals surface area contributed by atoms with Crippen molar-refractivity contribution in [2.75, 3.05) is 0 Å². The zero-order valence-electron chi connectivity index (χ0n) is 7.73. The predicted octanol–water partition coefficient (Wildman–Crippen LogP) is 1.11. The Morgan fingerprint density at radius 3 is 2.93 bits per heavy atom. The third kappa shape index (κ3) is 1.30. The molecule has 1 atom stereocenters.